The van der Waals surface area contributed by atoms with Crippen LogP contribution in [-0.4, -0.2) is 12.3 Å². The summed E-state index contributed by atoms with van der Waals surface area (Å²) in [6, 6.07) is 14.4. The van der Waals surface area contributed by atoms with Gasteiger partial charge in [-0.2, -0.15) is 0 Å². The fraction of sp³-hybridized carbons (Fsp3) is 0.235. The Morgan fingerprint density at radius 1 is 1.09 bits per heavy atom. The van der Waals surface area contributed by atoms with Crippen LogP contribution in [0.5, 0.6) is 5.75 Å². The van der Waals surface area contributed by atoms with Gasteiger partial charge in [-0.3, -0.25) is 4.79 Å². The zero-order chi connectivity index (χ0) is 16.9. The Morgan fingerprint density at radius 3 is 2.22 bits per heavy atom. The summed E-state index contributed by atoms with van der Waals surface area (Å²) in [6.07, 6.45) is -4.11. The maximum atomic E-state index is 12.3. The molecule has 2 aromatic rings. The van der Waals surface area contributed by atoms with Gasteiger partial charge in [-0.25, -0.2) is 0 Å². The maximum absolute atomic E-state index is 12.3. The van der Waals surface area contributed by atoms with Crippen LogP contribution in [-0.2, 0) is 4.79 Å². The van der Waals surface area contributed by atoms with Gasteiger partial charge < -0.3 is 10.1 Å². The normalized spacial score (nSPS) is 12.5. The Hall–Kier alpha value is -2.50. The van der Waals surface area contributed by atoms with Gasteiger partial charge in [0.15, 0.2) is 0 Å². The van der Waals surface area contributed by atoms with E-state index in [4.69, 9.17) is 0 Å². The Balaban J connectivity index is 2.05. The van der Waals surface area contributed by atoms with Gasteiger partial charge in [0.2, 0.25) is 5.91 Å². The number of ether oxygens (including phenoxy) is 1. The molecule has 1 atom stereocenters. The average Bonchev–Trinajstić information content (AvgIpc) is 2.50. The molecule has 0 fully saturated rings. The molecule has 0 saturated carbocycles. The molecule has 0 aromatic heterocycles. The number of hydrogen-bond acceptors (Lipinski definition) is 2. The number of rotatable bonds is 5. The third-order valence-corrected chi connectivity index (χ3v) is 3.28. The van der Waals surface area contributed by atoms with Crippen molar-refractivity contribution in [2.45, 2.75) is 25.6 Å². The van der Waals surface area contributed by atoms with E-state index in [1.165, 1.54) is 12.1 Å². The second-order valence-corrected chi connectivity index (χ2v) is 4.93. The summed E-state index contributed by atoms with van der Waals surface area (Å²) in [5, 5.41) is 2.71. The molecule has 3 nitrogen and oxygen atoms in total. The summed E-state index contributed by atoms with van der Waals surface area (Å²) < 4.78 is 40.1. The monoisotopic (exact) mass is 323 g/mol. The standard InChI is InChI=1S/C17H16F3NO2/c1-2-15(12-6-4-3-5-7-12)16(22)21-13-8-10-14(11-9-13)23-17(18,19)20/h3-11,15H,2H2,1H3,(H,21,22)/t15-/m1/s1. The first-order chi connectivity index (χ1) is 10.9. The van der Waals surface area contributed by atoms with Crippen LogP contribution in [0.4, 0.5) is 18.9 Å². The van der Waals surface area contributed by atoms with Crippen molar-refractivity contribution < 1.29 is 22.7 Å². The maximum Gasteiger partial charge on any atom is 0.573 e. The van der Waals surface area contributed by atoms with Gasteiger partial charge in [0.1, 0.15) is 5.75 Å². The Morgan fingerprint density at radius 2 is 1.70 bits per heavy atom. The van der Waals surface area contributed by atoms with E-state index in [1.54, 1.807) is 0 Å². The van der Waals surface area contributed by atoms with Crippen molar-refractivity contribution in [2.75, 3.05) is 5.32 Å². The third-order valence-electron chi connectivity index (χ3n) is 3.28. The Labute approximate surface area is 132 Å². The summed E-state index contributed by atoms with van der Waals surface area (Å²) in [7, 11) is 0. The fourth-order valence-electron chi connectivity index (χ4n) is 2.23. The molecule has 2 rings (SSSR count). The van der Waals surface area contributed by atoms with Gasteiger partial charge in [-0.15, -0.1) is 13.2 Å². The highest BCUT2D eigenvalue weighted by molar-refractivity contribution is 5.95. The predicted octanol–water partition coefficient (Wildman–Crippen LogP) is 4.72. The number of carbonyl (C=O) groups excluding carboxylic acids is 1. The minimum atomic E-state index is -4.73. The van der Waals surface area contributed by atoms with Gasteiger partial charge >= 0.3 is 6.36 Å². The van der Waals surface area contributed by atoms with E-state index < -0.39 is 6.36 Å². The molecule has 0 aliphatic carbocycles. The lowest BCUT2D eigenvalue weighted by Crippen LogP contribution is -2.20. The van der Waals surface area contributed by atoms with Crippen molar-refractivity contribution >= 4 is 11.6 Å². The molecular formula is C17H16F3NO2. The molecule has 0 bridgehead atoms. The molecule has 0 saturated heterocycles. The molecule has 23 heavy (non-hydrogen) atoms. The van der Waals surface area contributed by atoms with Crippen LogP contribution in [0.3, 0.4) is 0 Å². The average molecular weight is 323 g/mol. The number of halogens is 3. The van der Waals surface area contributed by atoms with Crippen LogP contribution < -0.4 is 10.1 Å². The molecule has 0 unspecified atom stereocenters. The van der Waals surface area contributed by atoms with Crippen LogP contribution in [0.2, 0.25) is 0 Å². The largest absolute Gasteiger partial charge is 0.573 e. The van der Waals surface area contributed by atoms with Crippen molar-refractivity contribution in [3.8, 4) is 5.75 Å². The molecule has 2 aromatic carbocycles. The number of amides is 1. The van der Waals surface area contributed by atoms with E-state index in [0.717, 1.165) is 17.7 Å². The molecular weight excluding hydrogens is 307 g/mol. The summed E-state index contributed by atoms with van der Waals surface area (Å²) >= 11 is 0. The number of anilines is 1. The minimum Gasteiger partial charge on any atom is -0.406 e. The molecule has 0 aliphatic rings. The first kappa shape index (κ1) is 16.9. The second kappa shape index (κ2) is 7.17. The van der Waals surface area contributed by atoms with E-state index in [2.05, 4.69) is 10.1 Å². The molecule has 0 heterocycles. The summed E-state index contributed by atoms with van der Waals surface area (Å²) in [4.78, 5) is 12.3. The van der Waals surface area contributed by atoms with Crippen molar-refractivity contribution in [3.63, 3.8) is 0 Å². The zero-order valence-electron chi connectivity index (χ0n) is 12.4. The minimum absolute atomic E-state index is 0.205. The lowest BCUT2D eigenvalue weighted by atomic mass is 9.95. The molecule has 1 amide bonds. The Bertz CT molecular complexity index is 639. The second-order valence-electron chi connectivity index (χ2n) is 4.93. The topological polar surface area (TPSA) is 38.3 Å². The number of carbonyl (C=O) groups is 1. The van der Waals surface area contributed by atoms with E-state index in [1.807, 2.05) is 37.3 Å². The smallest absolute Gasteiger partial charge is 0.406 e. The highest BCUT2D eigenvalue weighted by atomic mass is 19.4. The lowest BCUT2D eigenvalue weighted by molar-refractivity contribution is -0.274. The molecule has 0 aliphatic heterocycles. The first-order valence-corrected chi connectivity index (χ1v) is 7.10. The number of alkyl halides is 3. The van der Waals surface area contributed by atoms with Crippen LogP contribution in [0.1, 0.15) is 24.8 Å². The fourth-order valence-corrected chi connectivity index (χ4v) is 2.23. The van der Waals surface area contributed by atoms with Crippen molar-refractivity contribution in [1.82, 2.24) is 0 Å². The number of hydrogen-bond donors (Lipinski definition) is 1. The van der Waals surface area contributed by atoms with Gasteiger partial charge in [0.05, 0.1) is 5.92 Å². The zero-order valence-corrected chi connectivity index (χ0v) is 12.4. The third kappa shape index (κ3) is 5.02. The summed E-state index contributed by atoms with van der Waals surface area (Å²) in [5.41, 5.74) is 1.31. The molecule has 122 valence electrons. The van der Waals surface area contributed by atoms with E-state index >= 15 is 0 Å². The van der Waals surface area contributed by atoms with Crippen molar-refractivity contribution in [2.24, 2.45) is 0 Å². The molecule has 1 N–H and O–H groups in total. The summed E-state index contributed by atoms with van der Waals surface area (Å²) in [6.45, 7) is 1.90. The SMILES string of the molecule is CC[C@@H](C(=O)Nc1ccc(OC(F)(F)F)cc1)c1ccccc1. The van der Waals surface area contributed by atoms with E-state index in [0.29, 0.717) is 12.1 Å². The van der Waals surface area contributed by atoms with Crippen LogP contribution in [0, 0.1) is 0 Å². The quantitative estimate of drug-likeness (QED) is 0.865. The van der Waals surface area contributed by atoms with Crippen LogP contribution in [0.25, 0.3) is 0 Å². The van der Waals surface area contributed by atoms with E-state index in [9.17, 15) is 18.0 Å². The van der Waals surface area contributed by atoms with Gasteiger partial charge in [-0.05, 0) is 36.2 Å². The van der Waals surface area contributed by atoms with Crippen molar-refractivity contribution in [3.05, 3.63) is 60.2 Å². The highest BCUT2D eigenvalue weighted by Crippen LogP contribution is 2.25. The lowest BCUT2D eigenvalue weighted by Gasteiger charge is -2.16. The summed E-state index contributed by atoms with van der Waals surface area (Å²) in [5.74, 6) is -0.851. The molecule has 6 heteroatoms. The predicted molar refractivity (Wildman–Crippen MR) is 81.2 cm³/mol. The van der Waals surface area contributed by atoms with Gasteiger partial charge in [-0.1, -0.05) is 37.3 Å². The van der Waals surface area contributed by atoms with Crippen LogP contribution in [0.15, 0.2) is 54.6 Å². The van der Waals surface area contributed by atoms with Gasteiger partial charge in [0.25, 0.3) is 0 Å². The first-order valence-electron chi connectivity index (χ1n) is 7.10. The Kier molecular flexibility index (Phi) is 5.26. The highest BCUT2D eigenvalue weighted by Gasteiger charge is 2.31. The van der Waals surface area contributed by atoms with Crippen LogP contribution >= 0.6 is 0 Å². The molecule has 0 radical (unpaired) electrons. The van der Waals surface area contributed by atoms with Gasteiger partial charge in [0, 0.05) is 5.69 Å². The van der Waals surface area contributed by atoms with Crippen molar-refractivity contribution in [1.29, 1.82) is 0 Å². The number of benzene rings is 2. The molecule has 0 spiro atoms. The number of nitrogens with one attached hydrogen (secondary N) is 1. The van der Waals surface area contributed by atoms with E-state index in [-0.39, 0.29) is 17.6 Å².